The van der Waals surface area contributed by atoms with Crippen LogP contribution in [0.15, 0.2) is 12.3 Å². The first-order chi connectivity index (χ1) is 6.96. The zero-order valence-corrected chi connectivity index (χ0v) is 7.89. The summed E-state index contributed by atoms with van der Waals surface area (Å²) in [5, 5.41) is 6.51. The minimum Gasteiger partial charge on any atom is -0.279 e. The van der Waals surface area contributed by atoms with E-state index in [4.69, 9.17) is 0 Å². The molecule has 0 spiro atoms. The Balaban J connectivity index is 2.48. The predicted octanol–water partition coefficient (Wildman–Crippen LogP) is 2.37. The highest BCUT2D eigenvalue weighted by Gasteiger charge is 2.29. The summed E-state index contributed by atoms with van der Waals surface area (Å²) in [7, 11) is 0. The number of alkyl halides is 3. The average molecular weight is 215 g/mol. The van der Waals surface area contributed by atoms with E-state index < -0.39 is 12.6 Å². The Kier molecular flexibility index (Phi) is 2.13. The van der Waals surface area contributed by atoms with Crippen molar-refractivity contribution >= 4 is 11.0 Å². The normalized spacial score (nSPS) is 12.3. The van der Waals surface area contributed by atoms with Crippen molar-refractivity contribution in [3.05, 3.63) is 23.5 Å². The maximum Gasteiger partial charge on any atom is 0.394 e. The molecule has 0 saturated carbocycles. The fourth-order valence-corrected chi connectivity index (χ4v) is 1.39. The third kappa shape index (κ3) is 2.08. The average Bonchev–Trinajstić information content (AvgIpc) is 2.46. The molecular weight excluding hydrogens is 207 g/mol. The Morgan fingerprint density at radius 3 is 2.80 bits per heavy atom. The van der Waals surface area contributed by atoms with Crippen molar-refractivity contribution in [1.29, 1.82) is 0 Å². The Morgan fingerprint density at radius 2 is 2.13 bits per heavy atom. The smallest absolute Gasteiger partial charge is 0.279 e. The summed E-state index contributed by atoms with van der Waals surface area (Å²) in [5.74, 6) is 0. The van der Waals surface area contributed by atoms with Gasteiger partial charge in [-0.15, -0.1) is 0 Å². The van der Waals surface area contributed by atoms with Gasteiger partial charge in [-0.3, -0.25) is 5.10 Å². The van der Waals surface area contributed by atoms with E-state index in [-0.39, 0.29) is 5.69 Å². The van der Waals surface area contributed by atoms with Gasteiger partial charge in [-0.05, 0) is 18.6 Å². The lowest BCUT2D eigenvalue weighted by Gasteiger charge is -2.03. The molecule has 0 bridgehead atoms. The van der Waals surface area contributed by atoms with E-state index in [0.29, 0.717) is 11.0 Å². The van der Waals surface area contributed by atoms with Gasteiger partial charge in [0.25, 0.3) is 0 Å². The number of aromatic amines is 1. The van der Waals surface area contributed by atoms with Crippen LogP contribution in [0.4, 0.5) is 13.2 Å². The number of nitrogens with zero attached hydrogens (tertiary/aromatic N) is 2. The van der Waals surface area contributed by atoms with Gasteiger partial charge in [0.1, 0.15) is 0 Å². The zero-order valence-electron chi connectivity index (χ0n) is 7.89. The first kappa shape index (κ1) is 9.95. The summed E-state index contributed by atoms with van der Waals surface area (Å²) in [6, 6.07) is 1.65. The third-order valence-corrected chi connectivity index (χ3v) is 2.00. The van der Waals surface area contributed by atoms with Gasteiger partial charge in [0.2, 0.25) is 0 Å². The minimum atomic E-state index is -4.23. The Bertz CT molecular complexity index is 487. The van der Waals surface area contributed by atoms with Crippen molar-refractivity contribution < 1.29 is 13.2 Å². The molecule has 0 aliphatic carbocycles. The third-order valence-electron chi connectivity index (χ3n) is 2.00. The second kappa shape index (κ2) is 3.22. The fourth-order valence-electron chi connectivity index (χ4n) is 1.39. The van der Waals surface area contributed by atoms with E-state index in [2.05, 4.69) is 15.2 Å². The van der Waals surface area contributed by atoms with Crippen molar-refractivity contribution in [3.8, 4) is 0 Å². The molecule has 0 aromatic carbocycles. The lowest BCUT2D eigenvalue weighted by atomic mass is 10.2. The molecule has 0 amide bonds. The number of pyridine rings is 1. The number of aromatic nitrogens is 3. The molecule has 2 rings (SSSR count). The fraction of sp³-hybridized carbons (Fsp3) is 0.333. The van der Waals surface area contributed by atoms with Crippen LogP contribution in [0.5, 0.6) is 0 Å². The van der Waals surface area contributed by atoms with Crippen molar-refractivity contribution in [2.24, 2.45) is 0 Å². The monoisotopic (exact) mass is 215 g/mol. The van der Waals surface area contributed by atoms with E-state index in [0.717, 1.165) is 5.56 Å². The molecule has 1 N–H and O–H groups in total. The molecule has 0 aliphatic heterocycles. The summed E-state index contributed by atoms with van der Waals surface area (Å²) >= 11 is 0. The van der Waals surface area contributed by atoms with Crippen LogP contribution >= 0.6 is 0 Å². The van der Waals surface area contributed by atoms with Crippen LogP contribution < -0.4 is 0 Å². The molecule has 0 radical (unpaired) electrons. The SMILES string of the molecule is Cc1cnc2n[nH]c(CC(F)(F)F)c2c1. The predicted molar refractivity (Wildman–Crippen MR) is 48.4 cm³/mol. The molecule has 0 fully saturated rings. The minimum absolute atomic E-state index is 0.0636. The molecule has 2 heterocycles. The second-order valence-electron chi connectivity index (χ2n) is 3.38. The molecule has 80 valence electrons. The first-order valence-corrected chi connectivity index (χ1v) is 4.32. The Labute approximate surface area is 83.3 Å². The Morgan fingerprint density at radius 1 is 1.40 bits per heavy atom. The van der Waals surface area contributed by atoms with Gasteiger partial charge >= 0.3 is 6.18 Å². The molecule has 0 atom stereocenters. The standard InChI is InChI=1S/C9H8F3N3/c1-5-2-6-7(3-9(10,11)12)14-15-8(6)13-4-5/h2,4H,3H2,1H3,(H,13,14,15). The van der Waals surface area contributed by atoms with E-state index >= 15 is 0 Å². The van der Waals surface area contributed by atoms with E-state index in [1.807, 2.05) is 0 Å². The van der Waals surface area contributed by atoms with Gasteiger partial charge in [-0.2, -0.15) is 18.3 Å². The van der Waals surface area contributed by atoms with Crippen LogP contribution in [0, 0.1) is 6.92 Å². The number of hydrogen-bond acceptors (Lipinski definition) is 2. The number of aryl methyl sites for hydroxylation is 1. The van der Waals surface area contributed by atoms with Crippen LogP contribution in [0.1, 0.15) is 11.3 Å². The largest absolute Gasteiger partial charge is 0.394 e. The molecule has 3 nitrogen and oxygen atoms in total. The summed E-state index contributed by atoms with van der Waals surface area (Å²) in [5.41, 5.74) is 1.20. The number of fused-ring (bicyclic) bond motifs is 1. The molecule has 0 saturated heterocycles. The maximum absolute atomic E-state index is 12.2. The number of halogens is 3. The molecule has 15 heavy (non-hydrogen) atoms. The number of rotatable bonds is 1. The molecule has 2 aromatic rings. The van der Waals surface area contributed by atoms with Gasteiger partial charge in [-0.1, -0.05) is 0 Å². The van der Waals surface area contributed by atoms with Crippen molar-refractivity contribution in [2.75, 3.05) is 0 Å². The van der Waals surface area contributed by atoms with E-state index in [1.54, 1.807) is 19.2 Å². The van der Waals surface area contributed by atoms with Crippen LogP contribution in [0.25, 0.3) is 11.0 Å². The molecule has 0 aliphatic rings. The van der Waals surface area contributed by atoms with Crippen LogP contribution in [-0.2, 0) is 6.42 Å². The molecular formula is C9H8F3N3. The van der Waals surface area contributed by atoms with E-state index in [1.165, 1.54) is 0 Å². The topological polar surface area (TPSA) is 41.6 Å². The summed E-state index contributed by atoms with van der Waals surface area (Å²) < 4.78 is 36.5. The summed E-state index contributed by atoms with van der Waals surface area (Å²) in [6.07, 6.45) is -3.67. The van der Waals surface area contributed by atoms with Gasteiger partial charge in [0.15, 0.2) is 5.65 Å². The number of H-pyrrole nitrogens is 1. The number of nitrogens with one attached hydrogen (secondary N) is 1. The van der Waals surface area contributed by atoms with Crippen LogP contribution in [-0.4, -0.2) is 21.4 Å². The zero-order chi connectivity index (χ0) is 11.1. The lowest BCUT2D eigenvalue weighted by Crippen LogP contribution is -2.12. The molecule has 6 heteroatoms. The second-order valence-corrected chi connectivity index (χ2v) is 3.38. The maximum atomic E-state index is 12.2. The van der Waals surface area contributed by atoms with Gasteiger partial charge in [0.05, 0.1) is 12.1 Å². The Hall–Kier alpha value is -1.59. The lowest BCUT2D eigenvalue weighted by molar-refractivity contribution is -0.127. The van der Waals surface area contributed by atoms with Crippen molar-refractivity contribution in [1.82, 2.24) is 15.2 Å². The number of hydrogen-bond donors (Lipinski definition) is 1. The highest BCUT2D eigenvalue weighted by Crippen LogP contribution is 2.24. The summed E-state index contributed by atoms with van der Waals surface area (Å²) in [4.78, 5) is 3.92. The highest BCUT2D eigenvalue weighted by molar-refractivity contribution is 5.78. The van der Waals surface area contributed by atoms with Crippen LogP contribution in [0.3, 0.4) is 0 Å². The van der Waals surface area contributed by atoms with Gasteiger partial charge in [0, 0.05) is 11.6 Å². The van der Waals surface area contributed by atoms with E-state index in [9.17, 15) is 13.2 Å². The molecule has 2 aromatic heterocycles. The van der Waals surface area contributed by atoms with Gasteiger partial charge < -0.3 is 0 Å². The van der Waals surface area contributed by atoms with Gasteiger partial charge in [-0.25, -0.2) is 4.98 Å². The van der Waals surface area contributed by atoms with Crippen LogP contribution in [0.2, 0.25) is 0 Å². The molecule has 0 unspecified atom stereocenters. The summed E-state index contributed by atoms with van der Waals surface area (Å²) in [6.45, 7) is 1.77. The van der Waals surface area contributed by atoms with Crippen molar-refractivity contribution in [3.63, 3.8) is 0 Å². The quantitative estimate of drug-likeness (QED) is 0.793. The van der Waals surface area contributed by atoms with Crippen molar-refractivity contribution in [2.45, 2.75) is 19.5 Å². The highest BCUT2D eigenvalue weighted by atomic mass is 19.4. The first-order valence-electron chi connectivity index (χ1n) is 4.32.